The Bertz CT molecular complexity index is 1870. The first-order valence-corrected chi connectivity index (χ1v) is 14.8. The fraction of sp³-hybridized carbons (Fsp3) is 0.286. The smallest absolute Gasteiger partial charge is 0.255 e. The molecule has 0 aliphatic heterocycles. The molecule has 8 nitrogen and oxygen atoms in total. The molecule has 0 saturated heterocycles. The molecule has 0 spiro atoms. The van der Waals surface area contributed by atoms with Crippen molar-refractivity contribution in [1.82, 2.24) is 14.8 Å². The molecule has 4 N–H and O–H groups in total. The number of aliphatic hydroxyl groups is 1. The molecule has 0 bridgehead atoms. The number of anilines is 1. The van der Waals surface area contributed by atoms with Crippen LogP contribution in [0, 0.1) is 23.5 Å². The topological polar surface area (TPSA) is 123 Å². The van der Waals surface area contributed by atoms with Crippen LogP contribution >= 0.6 is 11.6 Å². The van der Waals surface area contributed by atoms with Crippen LogP contribution in [0.3, 0.4) is 0 Å². The maximum atomic E-state index is 13.9. The SMILES string of the molecule is Cn1nc(NS(C)(=O)=O)c2c(Cl)ccc(-c3ccc(C#CC4(O)CC(F)(F)C4)nc3[C@@H](N)Cc3cc(F)cc(F)c3)c21. The number of nitrogens with zero attached hydrogens (tertiary/aromatic N) is 3. The fourth-order valence-electron chi connectivity index (χ4n) is 5.05. The van der Waals surface area contributed by atoms with Crippen LogP contribution in [0.25, 0.3) is 22.0 Å². The first-order valence-electron chi connectivity index (χ1n) is 12.5. The Hall–Kier alpha value is -3.70. The number of halogens is 5. The summed E-state index contributed by atoms with van der Waals surface area (Å²) in [6.07, 6.45) is -0.654. The van der Waals surface area contributed by atoms with Gasteiger partial charge in [0.1, 0.15) is 22.9 Å². The Labute approximate surface area is 243 Å². The third-order valence-electron chi connectivity index (χ3n) is 6.69. The van der Waals surface area contributed by atoms with Gasteiger partial charge in [0, 0.05) is 24.2 Å². The lowest BCUT2D eigenvalue weighted by Crippen LogP contribution is -2.50. The van der Waals surface area contributed by atoms with Crippen LogP contribution in [0.15, 0.2) is 42.5 Å². The van der Waals surface area contributed by atoms with Gasteiger partial charge in [-0.2, -0.15) is 5.10 Å². The van der Waals surface area contributed by atoms with E-state index in [1.165, 1.54) is 10.7 Å². The molecular formula is C28H24ClF4N5O3S. The van der Waals surface area contributed by atoms with Gasteiger partial charge in [-0.05, 0) is 48.2 Å². The van der Waals surface area contributed by atoms with Crippen molar-refractivity contribution in [3.8, 4) is 23.0 Å². The largest absolute Gasteiger partial charge is 0.377 e. The van der Waals surface area contributed by atoms with E-state index in [0.717, 1.165) is 24.5 Å². The number of nitrogens with one attached hydrogen (secondary N) is 1. The van der Waals surface area contributed by atoms with Crippen molar-refractivity contribution >= 4 is 38.3 Å². The van der Waals surface area contributed by atoms with E-state index in [1.807, 2.05) is 0 Å². The molecule has 42 heavy (non-hydrogen) atoms. The summed E-state index contributed by atoms with van der Waals surface area (Å²) in [6.45, 7) is 0. The zero-order chi connectivity index (χ0) is 30.6. The second kappa shape index (κ2) is 10.5. The highest BCUT2D eigenvalue weighted by molar-refractivity contribution is 7.92. The maximum absolute atomic E-state index is 13.9. The molecule has 1 fully saturated rings. The van der Waals surface area contributed by atoms with Crippen molar-refractivity contribution in [3.63, 3.8) is 0 Å². The van der Waals surface area contributed by atoms with Gasteiger partial charge in [-0.25, -0.2) is 31.0 Å². The van der Waals surface area contributed by atoms with Gasteiger partial charge in [0.05, 0.1) is 46.8 Å². The average Bonchev–Trinajstić information content (AvgIpc) is 3.16. The minimum atomic E-state index is -3.70. The second-order valence-corrected chi connectivity index (χ2v) is 12.5. The van der Waals surface area contributed by atoms with E-state index >= 15 is 0 Å². The highest BCUT2D eigenvalue weighted by atomic mass is 35.5. The van der Waals surface area contributed by atoms with Gasteiger partial charge in [0.15, 0.2) is 5.82 Å². The van der Waals surface area contributed by atoms with Crippen molar-refractivity contribution in [2.24, 2.45) is 12.8 Å². The number of aryl methyl sites for hydroxylation is 1. The van der Waals surface area contributed by atoms with Crippen molar-refractivity contribution in [2.75, 3.05) is 11.0 Å². The van der Waals surface area contributed by atoms with Gasteiger partial charge < -0.3 is 10.8 Å². The number of aromatic nitrogens is 3. The Kier molecular flexibility index (Phi) is 7.47. The van der Waals surface area contributed by atoms with Gasteiger partial charge in [-0.3, -0.25) is 9.40 Å². The van der Waals surface area contributed by atoms with E-state index in [4.69, 9.17) is 17.3 Å². The van der Waals surface area contributed by atoms with E-state index in [1.54, 1.807) is 25.2 Å². The van der Waals surface area contributed by atoms with Crippen LogP contribution < -0.4 is 10.5 Å². The summed E-state index contributed by atoms with van der Waals surface area (Å²) < 4.78 is 82.2. The quantitative estimate of drug-likeness (QED) is 0.212. The Morgan fingerprint density at radius 2 is 1.79 bits per heavy atom. The van der Waals surface area contributed by atoms with E-state index in [9.17, 15) is 31.1 Å². The van der Waals surface area contributed by atoms with Crippen LogP contribution in [0.4, 0.5) is 23.4 Å². The number of pyridine rings is 1. The maximum Gasteiger partial charge on any atom is 0.255 e. The van der Waals surface area contributed by atoms with Crippen molar-refractivity contribution < 1.29 is 31.1 Å². The molecule has 2 aromatic heterocycles. The summed E-state index contributed by atoms with van der Waals surface area (Å²) in [7, 11) is -2.11. The van der Waals surface area contributed by atoms with E-state index in [2.05, 4.69) is 26.6 Å². The van der Waals surface area contributed by atoms with Gasteiger partial charge in [0.2, 0.25) is 10.0 Å². The lowest BCUT2D eigenvalue weighted by Gasteiger charge is -2.39. The average molecular weight is 622 g/mol. The van der Waals surface area contributed by atoms with E-state index in [0.29, 0.717) is 22.0 Å². The lowest BCUT2D eigenvalue weighted by atomic mass is 9.77. The highest BCUT2D eigenvalue weighted by Crippen LogP contribution is 2.45. The molecule has 1 atom stereocenters. The van der Waals surface area contributed by atoms with Crippen LogP contribution in [0.5, 0.6) is 0 Å². The number of hydrogen-bond donors (Lipinski definition) is 3. The molecular weight excluding hydrogens is 598 g/mol. The number of benzene rings is 2. The lowest BCUT2D eigenvalue weighted by molar-refractivity contribution is -0.176. The molecule has 0 unspecified atom stereocenters. The van der Waals surface area contributed by atoms with E-state index < -0.39 is 52.1 Å². The normalized spacial score (nSPS) is 16.4. The number of fused-ring (bicyclic) bond motifs is 1. The molecule has 2 aromatic carbocycles. The fourth-order valence-corrected chi connectivity index (χ4v) is 5.79. The number of rotatable bonds is 6. The Balaban J connectivity index is 1.65. The first kappa shape index (κ1) is 29.8. The Morgan fingerprint density at radius 3 is 2.40 bits per heavy atom. The van der Waals surface area contributed by atoms with Gasteiger partial charge >= 0.3 is 0 Å². The summed E-state index contributed by atoms with van der Waals surface area (Å²) in [4.78, 5) is 4.55. The third-order valence-corrected chi connectivity index (χ3v) is 7.57. The minimum absolute atomic E-state index is 0.00363. The number of sulfonamides is 1. The monoisotopic (exact) mass is 621 g/mol. The molecule has 2 heterocycles. The molecule has 220 valence electrons. The predicted molar refractivity (Wildman–Crippen MR) is 150 cm³/mol. The summed E-state index contributed by atoms with van der Waals surface area (Å²) in [5, 5.41) is 15.1. The first-order chi connectivity index (χ1) is 19.5. The molecule has 1 aliphatic carbocycles. The van der Waals surface area contributed by atoms with Crippen LogP contribution in [-0.4, -0.2) is 46.1 Å². The summed E-state index contributed by atoms with van der Waals surface area (Å²) in [5.74, 6) is 0.531. The zero-order valence-electron chi connectivity index (χ0n) is 22.2. The van der Waals surface area contributed by atoms with Gasteiger partial charge in [-0.15, -0.1) is 0 Å². The van der Waals surface area contributed by atoms with E-state index in [-0.39, 0.29) is 34.2 Å². The second-order valence-electron chi connectivity index (χ2n) is 10.4. The van der Waals surface area contributed by atoms with Crippen molar-refractivity contribution in [3.05, 3.63) is 76.1 Å². The van der Waals surface area contributed by atoms with Crippen molar-refractivity contribution in [1.29, 1.82) is 0 Å². The zero-order valence-corrected chi connectivity index (χ0v) is 23.8. The highest BCUT2D eigenvalue weighted by Gasteiger charge is 2.55. The minimum Gasteiger partial charge on any atom is -0.377 e. The van der Waals surface area contributed by atoms with Crippen LogP contribution in [-0.2, 0) is 23.5 Å². The van der Waals surface area contributed by atoms with Crippen LogP contribution in [0.1, 0.15) is 35.8 Å². The standard InChI is InChI=1S/C28H24ClF4N5O3S/c1-38-25-20(5-6-21(29)23(25)26(36-38)37-42(2,40)41)19-4-3-18(7-8-27(39)13-28(32,33)14-27)35-24(19)22(34)11-15-9-16(30)12-17(31)10-15/h3-6,9-10,12,22,39H,11,13-14,34H2,1-2H3,(H,36,37)/t22-/m0/s1. The molecule has 5 rings (SSSR count). The van der Waals surface area contributed by atoms with Gasteiger partial charge in [0.25, 0.3) is 5.92 Å². The molecule has 0 radical (unpaired) electrons. The summed E-state index contributed by atoms with van der Waals surface area (Å²) in [5.41, 5.74) is 6.70. The molecule has 1 saturated carbocycles. The number of alkyl halides is 2. The molecule has 1 aliphatic rings. The number of hydrogen-bond acceptors (Lipinski definition) is 6. The molecule has 14 heteroatoms. The molecule has 4 aromatic rings. The summed E-state index contributed by atoms with van der Waals surface area (Å²) in [6, 6.07) is 8.42. The van der Waals surface area contributed by atoms with Gasteiger partial charge in [-0.1, -0.05) is 23.6 Å². The Morgan fingerprint density at radius 1 is 1.14 bits per heavy atom. The molecule has 0 amide bonds. The van der Waals surface area contributed by atoms with Crippen molar-refractivity contribution in [2.45, 2.75) is 36.8 Å². The summed E-state index contributed by atoms with van der Waals surface area (Å²) >= 11 is 6.46. The predicted octanol–water partition coefficient (Wildman–Crippen LogP) is 4.69. The number of nitrogens with two attached hydrogens (primary N) is 1. The third kappa shape index (κ3) is 6.22. The van der Waals surface area contributed by atoms with Crippen LogP contribution in [0.2, 0.25) is 5.02 Å².